The van der Waals surface area contributed by atoms with E-state index in [1.807, 2.05) is 24.3 Å². The van der Waals surface area contributed by atoms with Crippen LogP contribution in [0.3, 0.4) is 0 Å². The number of halogens is 2. The first kappa shape index (κ1) is 41.0. The van der Waals surface area contributed by atoms with E-state index < -0.39 is 12.1 Å². The van der Waals surface area contributed by atoms with Gasteiger partial charge in [-0.15, -0.1) is 0 Å². The summed E-state index contributed by atoms with van der Waals surface area (Å²) in [7, 11) is 0. The summed E-state index contributed by atoms with van der Waals surface area (Å²) in [5.74, 6) is 0.0340. The Morgan fingerprint density at radius 3 is 1.42 bits per heavy atom. The number of nitrogens with one attached hydrogen (secondary N) is 4. The zero-order chi connectivity index (χ0) is 42.3. The van der Waals surface area contributed by atoms with Crippen molar-refractivity contribution in [2.75, 3.05) is 65.4 Å². The Morgan fingerprint density at radius 1 is 0.581 bits per heavy atom. The van der Waals surface area contributed by atoms with Crippen molar-refractivity contribution in [3.05, 3.63) is 116 Å². The Kier molecular flexibility index (Phi) is 11.6. The van der Waals surface area contributed by atoms with Crippen LogP contribution < -0.4 is 10.6 Å². The molecule has 4 aliphatic heterocycles. The minimum Gasteiger partial charge on any atom is -0.355 e. The van der Waals surface area contributed by atoms with Crippen LogP contribution in [0.5, 0.6) is 0 Å². The molecule has 2 fully saturated rings. The van der Waals surface area contributed by atoms with Crippen LogP contribution in [0.4, 0.5) is 0 Å². The molecule has 2 aromatic heterocycles. The van der Waals surface area contributed by atoms with Gasteiger partial charge in [0, 0.05) is 159 Å². The van der Waals surface area contributed by atoms with E-state index in [2.05, 4.69) is 101 Å². The van der Waals surface area contributed by atoms with Gasteiger partial charge in [-0.3, -0.25) is 35.0 Å². The molecule has 0 bridgehead atoms. The first-order chi connectivity index (χ1) is 30.3. The summed E-state index contributed by atoms with van der Waals surface area (Å²) in [4.78, 5) is 32.1. The van der Waals surface area contributed by atoms with Gasteiger partial charge in [-0.05, 0) is 81.9 Å². The van der Waals surface area contributed by atoms with Gasteiger partial charge in [0.1, 0.15) is 0 Å². The molecule has 316 valence electrons. The monoisotopic (exact) mass is 864 g/mol. The lowest BCUT2D eigenvalue weighted by Crippen LogP contribution is -2.46. The molecule has 0 aliphatic carbocycles. The molecule has 6 heterocycles. The van der Waals surface area contributed by atoms with Crippen molar-refractivity contribution in [3.63, 3.8) is 0 Å². The summed E-state index contributed by atoms with van der Waals surface area (Å²) in [6.07, 6.45) is 1.16. The molecule has 4 N–H and O–H groups in total. The number of benzene rings is 4. The van der Waals surface area contributed by atoms with Gasteiger partial charge in [-0.25, -0.2) is 0 Å². The van der Waals surface area contributed by atoms with E-state index in [0.717, 1.165) is 145 Å². The molecular weight excluding hydrogens is 816 g/mol. The van der Waals surface area contributed by atoms with Crippen LogP contribution in [0, 0.1) is 22.7 Å². The fraction of sp³-hybridized carbons (Fsp3) is 0.367. The van der Waals surface area contributed by atoms with Crippen LogP contribution in [-0.4, -0.2) is 101 Å². The maximum atomic E-state index is 15.0. The lowest BCUT2D eigenvalue weighted by Gasteiger charge is -2.34. The number of carbonyl (C=O) groups is 1. The van der Waals surface area contributed by atoms with Crippen molar-refractivity contribution in [3.8, 4) is 34.7 Å². The highest BCUT2D eigenvalue weighted by molar-refractivity contribution is 6.32. The van der Waals surface area contributed by atoms with Crippen LogP contribution in [0.1, 0.15) is 58.3 Å². The van der Waals surface area contributed by atoms with Crippen LogP contribution in [0.2, 0.25) is 10.0 Å². The lowest BCUT2D eigenvalue weighted by atomic mass is 9.87. The zero-order valence-corrected chi connectivity index (χ0v) is 36.3. The minimum atomic E-state index is -0.582. The van der Waals surface area contributed by atoms with E-state index in [0.29, 0.717) is 36.0 Å². The first-order valence-corrected chi connectivity index (χ1v) is 22.6. The minimum absolute atomic E-state index is 0.0340. The summed E-state index contributed by atoms with van der Waals surface area (Å²) in [6.45, 7) is 12.3. The van der Waals surface area contributed by atoms with E-state index in [4.69, 9.17) is 33.7 Å². The van der Waals surface area contributed by atoms with Gasteiger partial charge < -0.3 is 9.97 Å². The number of fused-ring (bicyclic) bond motifs is 4. The van der Waals surface area contributed by atoms with Crippen molar-refractivity contribution in [2.45, 2.75) is 51.1 Å². The molecule has 2 atom stereocenters. The zero-order valence-electron chi connectivity index (χ0n) is 34.7. The lowest BCUT2D eigenvalue weighted by molar-refractivity contribution is -0.123. The summed E-state index contributed by atoms with van der Waals surface area (Å²) >= 11 is 13.8. The van der Waals surface area contributed by atoms with E-state index in [1.54, 1.807) is 0 Å². The van der Waals surface area contributed by atoms with Crippen LogP contribution >= 0.6 is 23.2 Å². The van der Waals surface area contributed by atoms with Gasteiger partial charge in [0.25, 0.3) is 0 Å². The highest BCUT2D eigenvalue weighted by Gasteiger charge is 2.41. The van der Waals surface area contributed by atoms with Crippen molar-refractivity contribution in [1.82, 2.24) is 40.2 Å². The van der Waals surface area contributed by atoms with Crippen molar-refractivity contribution in [2.24, 2.45) is 0 Å². The normalized spacial score (nSPS) is 19.8. The molecule has 10 rings (SSSR count). The van der Waals surface area contributed by atoms with Crippen molar-refractivity contribution in [1.29, 1.82) is 10.5 Å². The molecule has 0 amide bonds. The third-order valence-electron chi connectivity index (χ3n) is 13.5. The molecule has 0 spiro atoms. The van der Waals surface area contributed by atoms with E-state index in [9.17, 15) is 0 Å². The molecule has 13 heteroatoms. The smallest absolute Gasteiger partial charge is 0.175 e. The Hall–Kier alpha value is -5.05. The van der Waals surface area contributed by atoms with Gasteiger partial charge in [0.2, 0.25) is 0 Å². The number of Topliss-reactive ketones (excluding diaryl/α,β-unsaturated/α-hetero) is 1. The number of hydrogen-bond acceptors (Lipinski definition) is 9. The molecule has 2 unspecified atom stereocenters. The SMILES string of the molecule is N#CCCN1CCN(Cc2ccc3[nH]c(-c4ccc(Cl)c5c4C(C(=O)C4NCc6c(Cl)ccc(-c7cc8cc(CN9CCN(CCC#N)CC9)ccc8[nH]7)c64)NC5)cc3c2)CC1. The number of hydrogen-bond donors (Lipinski definition) is 4. The number of H-pyrrole nitrogens is 2. The molecular formula is C49H50Cl2N10O. The molecule has 0 radical (unpaired) electrons. The predicted octanol–water partition coefficient (Wildman–Crippen LogP) is 7.91. The molecule has 2 saturated heterocycles. The van der Waals surface area contributed by atoms with E-state index >= 15 is 4.79 Å². The van der Waals surface area contributed by atoms with Crippen LogP contribution in [0.25, 0.3) is 44.3 Å². The standard InChI is InChI=1S/C49H50Cl2N10O/c50-39-7-5-35(43-25-33-23-31(3-9-41(33)56-43)29-60-19-15-58(16-20-60)13-1-11-52)45-37(39)27-54-47(45)49(62)48-46-36(6-8-40(51)38(46)28-55-48)44-26-34-24-32(4-10-42(34)57-44)30-61-21-17-59(18-22-61)14-2-12-53/h3-10,23-26,47-48,54-57H,1-2,13-22,27-30H2. The average molecular weight is 866 g/mol. The van der Waals surface area contributed by atoms with Gasteiger partial charge in [0.15, 0.2) is 5.78 Å². The van der Waals surface area contributed by atoms with Crippen LogP contribution in [0.15, 0.2) is 72.8 Å². The topological polar surface area (TPSA) is 133 Å². The second kappa shape index (κ2) is 17.6. The second-order valence-electron chi connectivity index (χ2n) is 17.3. The number of aromatic nitrogens is 2. The summed E-state index contributed by atoms with van der Waals surface area (Å²) in [5.41, 5.74) is 12.2. The highest BCUT2D eigenvalue weighted by atomic mass is 35.5. The Balaban J connectivity index is 0.895. The van der Waals surface area contributed by atoms with Gasteiger partial charge >= 0.3 is 0 Å². The molecule has 62 heavy (non-hydrogen) atoms. The summed E-state index contributed by atoms with van der Waals surface area (Å²) < 4.78 is 0. The van der Waals surface area contributed by atoms with E-state index in [1.165, 1.54) is 11.1 Å². The fourth-order valence-electron chi connectivity index (χ4n) is 10.2. The average Bonchev–Trinajstić information content (AvgIpc) is 4.11. The molecule has 0 saturated carbocycles. The molecule has 11 nitrogen and oxygen atoms in total. The van der Waals surface area contributed by atoms with Crippen molar-refractivity contribution < 1.29 is 4.79 Å². The van der Waals surface area contributed by atoms with Crippen molar-refractivity contribution >= 4 is 50.8 Å². The fourth-order valence-corrected chi connectivity index (χ4v) is 10.6. The molecule has 6 aromatic rings. The number of piperazine rings is 2. The predicted molar refractivity (Wildman–Crippen MR) is 246 cm³/mol. The number of ketones is 1. The number of carbonyl (C=O) groups excluding carboxylic acids is 1. The summed E-state index contributed by atoms with van der Waals surface area (Å²) in [5, 5.41) is 28.6. The second-order valence-corrected chi connectivity index (χ2v) is 18.1. The molecule has 4 aromatic carbocycles. The first-order valence-electron chi connectivity index (χ1n) is 21.8. The number of nitriles is 2. The molecule has 4 aliphatic rings. The van der Waals surface area contributed by atoms with Gasteiger partial charge in [0.05, 0.1) is 24.2 Å². The Morgan fingerprint density at radius 2 is 1.00 bits per heavy atom. The Labute approximate surface area is 372 Å². The number of nitrogens with zero attached hydrogens (tertiary/aromatic N) is 6. The maximum Gasteiger partial charge on any atom is 0.175 e. The Bertz CT molecular complexity index is 2560. The van der Waals surface area contributed by atoms with E-state index in [-0.39, 0.29) is 5.78 Å². The maximum absolute atomic E-state index is 15.0. The number of aromatic amines is 2. The largest absolute Gasteiger partial charge is 0.355 e. The third-order valence-corrected chi connectivity index (χ3v) is 14.2. The quantitative estimate of drug-likeness (QED) is 0.0969. The van der Waals surface area contributed by atoms with Gasteiger partial charge in [-0.1, -0.05) is 47.5 Å². The van der Waals surface area contributed by atoms with Gasteiger partial charge in [-0.2, -0.15) is 10.5 Å². The number of rotatable bonds is 12. The summed E-state index contributed by atoms with van der Waals surface area (Å²) in [6, 6.07) is 29.0. The third kappa shape index (κ3) is 8.05. The van der Waals surface area contributed by atoms with Crippen LogP contribution in [-0.2, 0) is 31.0 Å². The highest BCUT2D eigenvalue weighted by Crippen LogP contribution is 2.45.